The second kappa shape index (κ2) is 6.15. The van der Waals surface area contributed by atoms with Crippen LogP contribution >= 0.6 is 0 Å². The summed E-state index contributed by atoms with van der Waals surface area (Å²) in [6.45, 7) is 2.17. The van der Waals surface area contributed by atoms with Crippen LogP contribution in [-0.4, -0.2) is 27.4 Å². The molecular weight excluding hydrogens is 242 g/mol. The fraction of sp³-hybridized carbons (Fsp3) is 0.600. The Hall–Kier alpha value is -1.42. The van der Waals surface area contributed by atoms with E-state index in [1.807, 2.05) is 12.1 Å². The Morgan fingerprint density at radius 1 is 1.05 bits per heavy atom. The van der Waals surface area contributed by atoms with Gasteiger partial charge in [0.1, 0.15) is 0 Å². The first-order valence-electron chi connectivity index (χ1n) is 6.75. The average molecular weight is 265 g/mol. The Kier molecular flexibility index (Phi) is 4.53. The summed E-state index contributed by atoms with van der Waals surface area (Å²) in [6, 6.07) is 4.95. The van der Waals surface area contributed by atoms with Gasteiger partial charge in [-0.1, -0.05) is 6.42 Å². The molecule has 0 heterocycles. The SMILES string of the molecule is COc1cc(C(C)NC2CCC2)cc(OC)c1OC. The van der Waals surface area contributed by atoms with Gasteiger partial charge in [-0.05, 0) is 37.5 Å². The summed E-state index contributed by atoms with van der Waals surface area (Å²) in [5.74, 6) is 2.06. The third-order valence-corrected chi connectivity index (χ3v) is 3.78. The number of hydrogen-bond acceptors (Lipinski definition) is 4. The summed E-state index contributed by atoms with van der Waals surface area (Å²) in [4.78, 5) is 0. The molecule has 1 atom stereocenters. The van der Waals surface area contributed by atoms with Crippen molar-refractivity contribution in [2.75, 3.05) is 21.3 Å². The van der Waals surface area contributed by atoms with Crippen LogP contribution in [0.2, 0.25) is 0 Å². The smallest absolute Gasteiger partial charge is 0.203 e. The molecular formula is C15H23NO3. The largest absolute Gasteiger partial charge is 0.493 e. The molecule has 0 aromatic heterocycles. The average Bonchev–Trinajstić information content (AvgIpc) is 2.40. The lowest BCUT2D eigenvalue weighted by Gasteiger charge is -2.30. The molecule has 0 radical (unpaired) electrons. The van der Waals surface area contributed by atoms with Crippen molar-refractivity contribution in [2.45, 2.75) is 38.3 Å². The zero-order valence-electron chi connectivity index (χ0n) is 12.2. The van der Waals surface area contributed by atoms with Crippen LogP contribution in [0.4, 0.5) is 0 Å². The molecule has 2 rings (SSSR count). The van der Waals surface area contributed by atoms with Crippen molar-refractivity contribution >= 4 is 0 Å². The molecule has 106 valence electrons. The van der Waals surface area contributed by atoms with Gasteiger partial charge in [-0.15, -0.1) is 0 Å². The second-order valence-electron chi connectivity index (χ2n) is 4.97. The van der Waals surface area contributed by atoms with E-state index in [2.05, 4.69) is 12.2 Å². The maximum Gasteiger partial charge on any atom is 0.203 e. The minimum Gasteiger partial charge on any atom is -0.493 e. The molecule has 1 saturated carbocycles. The predicted octanol–water partition coefficient (Wildman–Crippen LogP) is 2.92. The molecule has 1 fully saturated rings. The fourth-order valence-electron chi connectivity index (χ4n) is 2.38. The van der Waals surface area contributed by atoms with Crippen LogP contribution in [0.25, 0.3) is 0 Å². The molecule has 1 unspecified atom stereocenters. The lowest BCUT2D eigenvalue weighted by atomic mass is 9.91. The van der Waals surface area contributed by atoms with E-state index >= 15 is 0 Å². The Balaban J connectivity index is 2.23. The van der Waals surface area contributed by atoms with Crippen molar-refractivity contribution < 1.29 is 14.2 Å². The summed E-state index contributed by atoms with van der Waals surface area (Å²) >= 11 is 0. The zero-order chi connectivity index (χ0) is 13.8. The molecule has 0 spiro atoms. The van der Waals surface area contributed by atoms with Gasteiger partial charge < -0.3 is 19.5 Å². The Bertz CT molecular complexity index is 404. The van der Waals surface area contributed by atoms with Gasteiger partial charge in [-0.2, -0.15) is 0 Å². The van der Waals surface area contributed by atoms with E-state index in [1.165, 1.54) is 19.3 Å². The van der Waals surface area contributed by atoms with Gasteiger partial charge >= 0.3 is 0 Å². The maximum atomic E-state index is 5.38. The van der Waals surface area contributed by atoms with E-state index in [0.717, 1.165) is 5.56 Å². The van der Waals surface area contributed by atoms with Crippen LogP contribution in [0.15, 0.2) is 12.1 Å². The monoisotopic (exact) mass is 265 g/mol. The van der Waals surface area contributed by atoms with E-state index in [0.29, 0.717) is 23.3 Å². The van der Waals surface area contributed by atoms with E-state index < -0.39 is 0 Å². The van der Waals surface area contributed by atoms with Crippen molar-refractivity contribution in [3.05, 3.63) is 17.7 Å². The van der Waals surface area contributed by atoms with Gasteiger partial charge in [0.15, 0.2) is 11.5 Å². The minimum absolute atomic E-state index is 0.277. The number of benzene rings is 1. The first-order valence-corrected chi connectivity index (χ1v) is 6.75. The number of methoxy groups -OCH3 is 3. The quantitative estimate of drug-likeness (QED) is 0.858. The van der Waals surface area contributed by atoms with E-state index in [9.17, 15) is 0 Å². The van der Waals surface area contributed by atoms with Crippen molar-refractivity contribution in [3.63, 3.8) is 0 Å². The van der Waals surface area contributed by atoms with Gasteiger partial charge in [0.2, 0.25) is 5.75 Å². The molecule has 0 aliphatic heterocycles. The molecule has 4 heteroatoms. The number of nitrogens with one attached hydrogen (secondary N) is 1. The summed E-state index contributed by atoms with van der Waals surface area (Å²) in [5.41, 5.74) is 1.15. The molecule has 1 aliphatic carbocycles. The standard InChI is InChI=1S/C15H23NO3/c1-10(16-12-6-5-7-12)11-8-13(17-2)15(19-4)14(9-11)18-3/h8-10,12,16H,5-7H2,1-4H3. The van der Waals surface area contributed by atoms with E-state index in [1.54, 1.807) is 21.3 Å². The normalized spacial score (nSPS) is 16.6. The van der Waals surface area contributed by atoms with Gasteiger partial charge in [0.05, 0.1) is 21.3 Å². The fourth-order valence-corrected chi connectivity index (χ4v) is 2.38. The van der Waals surface area contributed by atoms with Crippen molar-refractivity contribution in [1.82, 2.24) is 5.32 Å². The molecule has 1 N–H and O–H groups in total. The third-order valence-electron chi connectivity index (χ3n) is 3.78. The Morgan fingerprint density at radius 3 is 2.00 bits per heavy atom. The number of rotatable bonds is 6. The topological polar surface area (TPSA) is 39.7 Å². The van der Waals surface area contributed by atoms with Crippen LogP contribution in [0, 0.1) is 0 Å². The maximum absolute atomic E-state index is 5.38. The van der Waals surface area contributed by atoms with Gasteiger partial charge in [-0.3, -0.25) is 0 Å². The number of ether oxygens (including phenoxy) is 3. The minimum atomic E-state index is 0.277. The Morgan fingerprint density at radius 2 is 1.63 bits per heavy atom. The number of hydrogen-bond donors (Lipinski definition) is 1. The molecule has 1 aliphatic rings. The van der Waals surface area contributed by atoms with Crippen LogP contribution in [0.5, 0.6) is 17.2 Å². The van der Waals surface area contributed by atoms with Crippen LogP contribution in [0.1, 0.15) is 37.8 Å². The van der Waals surface area contributed by atoms with Gasteiger partial charge in [-0.25, -0.2) is 0 Å². The zero-order valence-corrected chi connectivity index (χ0v) is 12.2. The molecule has 1 aromatic carbocycles. The predicted molar refractivity (Wildman–Crippen MR) is 75.3 cm³/mol. The lowest BCUT2D eigenvalue weighted by Crippen LogP contribution is -2.36. The molecule has 19 heavy (non-hydrogen) atoms. The molecule has 4 nitrogen and oxygen atoms in total. The summed E-state index contributed by atoms with van der Waals surface area (Å²) in [7, 11) is 4.91. The lowest BCUT2D eigenvalue weighted by molar-refractivity contribution is 0.308. The molecule has 0 bridgehead atoms. The summed E-state index contributed by atoms with van der Waals surface area (Å²) < 4.78 is 16.1. The van der Waals surface area contributed by atoms with Crippen LogP contribution in [0.3, 0.4) is 0 Å². The van der Waals surface area contributed by atoms with Gasteiger partial charge in [0, 0.05) is 12.1 Å². The van der Waals surface area contributed by atoms with Crippen molar-refractivity contribution in [2.24, 2.45) is 0 Å². The second-order valence-corrected chi connectivity index (χ2v) is 4.97. The third kappa shape index (κ3) is 2.95. The highest BCUT2D eigenvalue weighted by Gasteiger charge is 2.21. The van der Waals surface area contributed by atoms with Crippen molar-refractivity contribution in [1.29, 1.82) is 0 Å². The molecule has 0 amide bonds. The van der Waals surface area contributed by atoms with Crippen LogP contribution < -0.4 is 19.5 Å². The molecule has 0 saturated heterocycles. The highest BCUT2D eigenvalue weighted by atomic mass is 16.5. The Labute approximate surface area is 115 Å². The van der Waals surface area contributed by atoms with E-state index in [4.69, 9.17) is 14.2 Å². The highest BCUT2D eigenvalue weighted by Crippen LogP contribution is 2.39. The van der Waals surface area contributed by atoms with Crippen LogP contribution in [-0.2, 0) is 0 Å². The first-order chi connectivity index (χ1) is 9.19. The molecule has 1 aromatic rings. The highest BCUT2D eigenvalue weighted by molar-refractivity contribution is 5.54. The van der Waals surface area contributed by atoms with Gasteiger partial charge in [0.25, 0.3) is 0 Å². The van der Waals surface area contributed by atoms with Crippen molar-refractivity contribution in [3.8, 4) is 17.2 Å². The summed E-state index contributed by atoms with van der Waals surface area (Å²) in [5, 5.41) is 3.62. The summed E-state index contributed by atoms with van der Waals surface area (Å²) in [6.07, 6.45) is 3.88. The first kappa shape index (κ1) is 14.0. The van der Waals surface area contributed by atoms with E-state index in [-0.39, 0.29) is 6.04 Å².